The minimum atomic E-state index is 0.688. The molecule has 1 aromatic carbocycles. The van der Waals surface area contributed by atoms with Gasteiger partial charge in [0.15, 0.2) is 5.11 Å². The number of thiocarbonyl (C=S) groups is 1. The fourth-order valence-corrected chi connectivity index (χ4v) is 5.00. The Balaban J connectivity index is 1.51. The fourth-order valence-electron chi connectivity index (χ4n) is 4.52. The lowest BCUT2D eigenvalue weighted by Crippen LogP contribution is -2.51. The highest BCUT2D eigenvalue weighted by Crippen LogP contribution is 2.30. The summed E-state index contributed by atoms with van der Waals surface area (Å²) in [6.45, 7) is 6.50. The molecule has 144 valence electrons. The Hall–Kier alpha value is -0.840. The van der Waals surface area contributed by atoms with Crippen molar-refractivity contribution in [2.24, 2.45) is 5.92 Å². The highest BCUT2D eigenvalue weighted by Gasteiger charge is 2.31. The quantitative estimate of drug-likeness (QED) is 0.700. The van der Waals surface area contributed by atoms with Crippen molar-refractivity contribution in [3.63, 3.8) is 0 Å². The Morgan fingerprint density at radius 3 is 2.54 bits per heavy atom. The fraction of sp³-hybridized carbons (Fsp3) is 0.667. The number of benzene rings is 1. The van der Waals surface area contributed by atoms with E-state index in [0.717, 1.165) is 46.4 Å². The Bertz CT molecular complexity index is 628. The van der Waals surface area contributed by atoms with E-state index in [2.05, 4.69) is 29.1 Å². The number of rotatable bonds is 3. The summed E-state index contributed by atoms with van der Waals surface area (Å²) in [6.07, 6.45) is 7.94. The first kappa shape index (κ1) is 19.9. The van der Waals surface area contributed by atoms with Crippen LogP contribution in [0.4, 0.5) is 5.69 Å². The first-order chi connectivity index (χ1) is 12.5. The van der Waals surface area contributed by atoms with E-state index in [1.807, 2.05) is 25.1 Å². The molecule has 1 saturated heterocycles. The number of hydrogen-bond acceptors (Lipinski definition) is 2. The van der Waals surface area contributed by atoms with Crippen molar-refractivity contribution < 1.29 is 0 Å². The summed E-state index contributed by atoms with van der Waals surface area (Å²) in [5.41, 5.74) is 2.06. The van der Waals surface area contributed by atoms with Crippen LogP contribution in [0.3, 0.4) is 0 Å². The molecule has 1 heterocycles. The van der Waals surface area contributed by atoms with Gasteiger partial charge in [0, 0.05) is 35.9 Å². The van der Waals surface area contributed by atoms with Gasteiger partial charge in [-0.1, -0.05) is 37.4 Å². The molecule has 0 aromatic heterocycles. The van der Waals surface area contributed by atoms with E-state index >= 15 is 0 Å². The Morgan fingerprint density at radius 1 is 1.19 bits per heavy atom. The number of piperidine rings is 1. The molecule has 1 aliphatic carbocycles. The first-order valence-electron chi connectivity index (χ1n) is 9.99. The number of aryl methyl sites for hydroxylation is 1. The lowest BCUT2D eigenvalue weighted by atomic mass is 9.84. The van der Waals surface area contributed by atoms with Crippen LogP contribution in [0.15, 0.2) is 18.2 Å². The molecular weight excluding hydrogens is 362 g/mol. The number of nitrogens with one attached hydrogen (secondary N) is 1. The van der Waals surface area contributed by atoms with Gasteiger partial charge in [-0.05, 0) is 75.5 Å². The number of nitrogens with zero attached hydrogens (tertiary/aromatic N) is 2. The molecule has 3 rings (SSSR count). The monoisotopic (exact) mass is 393 g/mol. The zero-order chi connectivity index (χ0) is 18.7. The maximum Gasteiger partial charge on any atom is 0.173 e. The van der Waals surface area contributed by atoms with Crippen LogP contribution in [0.5, 0.6) is 0 Å². The largest absolute Gasteiger partial charge is 0.349 e. The summed E-state index contributed by atoms with van der Waals surface area (Å²) in [4.78, 5) is 4.98. The Labute approximate surface area is 169 Å². The molecule has 1 aliphatic heterocycles. The van der Waals surface area contributed by atoms with Crippen LogP contribution in [0.1, 0.15) is 51.0 Å². The Kier molecular flexibility index (Phi) is 6.81. The van der Waals surface area contributed by atoms with Gasteiger partial charge < -0.3 is 15.1 Å². The molecule has 1 saturated carbocycles. The number of halogens is 1. The van der Waals surface area contributed by atoms with Crippen LogP contribution in [-0.4, -0.2) is 47.1 Å². The van der Waals surface area contributed by atoms with E-state index < -0.39 is 0 Å². The number of hydrogen-bond donors (Lipinski definition) is 1. The maximum atomic E-state index is 6.22. The normalized spacial score (nSPS) is 24.7. The second-order valence-electron chi connectivity index (χ2n) is 8.11. The van der Waals surface area contributed by atoms with Crippen molar-refractivity contribution in [1.29, 1.82) is 0 Å². The van der Waals surface area contributed by atoms with Crippen molar-refractivity contribution >= 4 is 34.6 Å². The van der Waals surface area contributed by atoms with Gasteiger partial charge in [-0.3, -0.25) is 0 Å². The predicted molar refractivity (Wildman–Crippen MR) is 116 cm³/mol. The Morgan fingerprint density at radius 2 is 1.88 bits per heavy atom. The smallest absolute Gasteiger partial charge is 0.173 e. The van der Waals surface area contributed by atoms with Gasteiger partial charge in [-0.15, -0.1) is 0 Å². The average Bonchev–Trinajstić information content (AvgIpc) is 2.65. The molecule has 1 N–H and O–H groups in total. The molecule has 5 heteroatoms. The third-order valence-electron chi connectivity index (χ3n) is 6.34. The van der Waals surface area contributed by atoms with Gasteiger partial charge in [-0.2, -0.15) is 0 Å². The molecule has 2 fully saturated rings. The molecule has 2 atom stereocenters. The van der Waals surface area contributed by atoms with Gasteiger partial charge >= 0.3 is 0 Å². The standard InChI is InChI=1S/C21H32ClN3S/c1-15-8-9-17(14-19(15)22)23-21(26)25-12-10-18(11-13-25)24(3)20-7-5-4-6-16(20)2/h8-9,14,16,18,20H,4-7,10-13H2,1-3H3,(H,23,26). The molecule has 0 bridgehead atoms. The SMILES string of the molecule is Cc1ccc(NC(=S)N2CCC(N(C)C3CCCCC3C)CC2)cc1Cl. The van der Waals surface area contributed by atoms with E-state index in [4.69, 9.17) is 23.8 Å². The predicted octanol–water partition coefficient (Wildman–Crippen LogP) is 5.32. The van der Waals surface area contributed by atoms with E-state index in [1.165, 1.54) is 38.5 Å². The molecule has 1 aromatic rings. The highest BCUT2D eigenvalue weighted by molar-refractivity contribution is 7.80. The van der Waals surface area contributed by atoms with Crippen LogP contribution < -0.4 is 5.32 Å². The summed E-state index contributed by atoms with van der Waals surface area (Å²) in [5, 5.41) is 4.95. The molecule has 3 nitrogen and oxygen atoms in total. The summed E-state index contributed by atoms with van der Waals surface area (Å²) >= 11 is 11.9. The minimum absolute atomic E-state index is 0.688. The van der Waals surface area contributed by atoms with Crippen LogP contribution >= 0.6 is 23.8 Å². The van der Waals surface area contributed by atoms with Crippen molar-refractivity contribution in [2.75, 3.05) is 25.5 Å². The van der Waals surface area contributed by atoms with Crippen LogP contribution in [0, 0.1) is 12.8 Å². The summed E-state index contributed by atoms with van der Waals surface area (Å²) in [7, 11) is 2.34. The van der Waals surface area contributed by atoms with Gasteiger partial charge in [0.2, 0.25) is 0 Å². The molecular formula is C21H32ClN3S. The van der Waals surface area contributed by atoms with Crippen molar-refractivity contribution in [3.8, 4) is 0 Å². The summed E-state index contributed by atoms with van der Waals surface area (Å²) in [5.74, 6) is 0.834. The van der Waals surface area contributed by atoms with Crippen molar-refractivity contribution in [2.45, 2.75) is 64.5 Å². The molecule has 0 spiro atoms. The van der Waals surface area contributed by atoms with Crippen LogP contribution in [0.25, 0.3) is 0 Å². The lowest BCUT2D eigenvalue weighted by Gasteiger charge is -2.44. The topological polar surface area (TPSA) is 18.5 Å². The van der Waals surface area contributed by atoms with Gasteiger partial charge in [0.25, 0.3) is 0 Å². The highest BCUT2D eigenvalue weighted by atomic mass is 35.5. The zero-order valence-corrected chi connectivity index (χ0v) is 17.9. The third-order valence-corrected chi connectivity index (χ3v) is 7.11. The lowest BCUT2D eigenvalue weighted by molar-refractivity contribution is 0.0691. The zero-order valence-electron chi connectivity index (χ0n) is 16.3. The van der Waals surface area contributed by atoms with Crippen LogP contribution in [-0.2, 0) is 0 Å². The van der Waals surface area contributed by atoms with Crippen molar-refractivity contribution in [3.05, 3.63) is 28.8 Å². The molecule has 26 heavy (non-hydrogen) atoms. The van der Waals surface area contributed by atoms with Crippen LogP contribution in [0.2, 0.25) is 5.02 Å². The van der Waals surface area contributed by atoms with Gasteiger partial charge in [0.1, 0.15) is 0 Å². The maximum absolute atomic E-state index is 6.22. The van der Waals surface area contributed by atoms with E-state index in [9.17, 15) is 0 Å². The van der Waals surface area contributed by atoms with Gasteiger partial charge in [-0.25, -0.2) is 0 Å². The minimum Gasteiger partial charge on any atom is -0.349 e. The first-order valence-corrected chi connectivity index (χ1v) is 10.8. The second kappa shape index (κ2) is 8.90. The number of anilines is 1. The summed E-state index contributed by atoms with van der Waals surface area (Å²) < 4.78 is 0. The molecule has 2 unspecified atom stereocenters. The van der Waals surface area contributed by atoms with Crippen molar-refractivity contribution in [1.82, 2.24) is 9.80 Å². The number of likely N-dealkylation sites (tertiary alicyclic amines) is 1. The average molecular weight is 394 g/mol. The van der Waals surface area contributed by atoms with E-state index in [0.29, 0.717) is 6.04 Å². The van der Waals surface area contributed by atoms with E-state index in [1.54, 1.807) is 0 Å². The third kappa shape index (κ3) is 4.71. The molecule has 2 aliphatic rings. The van der Waals surface area contributed by atoms with Gasteiger partial charge in [0.05, 0.1) is 0 Å². The summed E-state index contributed by atoms with van der Waals surface area (Å²) in [6, 6.07) is 7.47. The second-order valence-corrected chi connectivity index (χ2v) is 8.90. The molecule has 0 radical (unpaired) electrons. The van der Waals surface area contributed by atoms with E-state index in [-0.39, 0.29) is 0 Å². The molecule has 0 amide bonds.